The van der Waals surface area contributed by atoms with Crippen LogP contribution < -0.4 is 5.32 Å². The lowest BCUT2D eigenvalue weighted by Gasteiger charge is -2.22. The van der Waals surface area contributed by atoms with Crippen molar-refractivity contribution in [3.8, 4) is 11.3 Å². The molecule has 0 fully saturated rings. The Hall–Kier alpha value is -3.01. The first-order chi connectivity index (χ1) is 11.9. The van der Waals surface area contributed by atoms with Crippen molar-refractivity contribution < 1.29 is 4.79 Å². The van der Waals surface area contributed by atoms with E-state index in [1.165, 1.54) is 0 Å². The SMILES string of the molecule is CC(C)(C)c1ccccc1NC(=O)c1ccc(-c2ccccc2)nn1. The first-order valence-corrected chi connectivity index (χ1v) is 8.25. The molecule has 1 aromatic heterocycles. The molecule has 0 saturated carbocycles. The molecule has 0 aliphatic carbocycles. The maximum atomic E-state index is 12.5. The summed E-state index contributed by atoms with van der Waals surface area (Å²) in [5.74, 6) is -0.260. The molecule has 3 aromatic rings. The molecule has 0 unspecified atom stereocenters. The molecule has 0 aliphatic rings. The number of rotatable bonds is 3. The minimum Gasteiger partial charge on any atom is -0.320 e. The largest absolute Gasteiger partial charge is 0.320 e. The lowest BCUT2D eigenvalue weighted by molar-refractivity contribution is 0.102. The Morgan fingerprint density at radius 2 is 1.52 bits per heavy atom. The van der Waals surface area contributed by atoms with Crippen molar-refractivity contribution in [3.63, 3.8) is 0 Å². The van der Waals surface area contributed by atoms with Gasteiger partial charge in [0.1, 0.15) is 0 Å². The van der Waals surface area contributed by atoms with E-state index in [1.54, 1.807) is 6.07 Å². The molecule has 1 amide bonds. The minimum atomic E-state index is -0.260. The van der Waals surface area contributed by atoms with E-state index in [2.05, 4.69) is 36.3 Å². The van der Waals surface area contributed by atoms with E-state index in [0.29, 0.717) is 5.69 Å². The fourth-order valence-corrected chi connectivity index (χ4v) is 2.65. The Balaban J connectivity index is 1.81. The van der Waals surface area contributed by atoms with Crippen LogP contribution in [0.5, 0.6) is 0 Å². The summed E-state index contributed by atoms with van der Waals surface area (Å²) in [5, 5.41) is 11.2. The summed E-state index contributed by atoms with van der Waals surface area (Å²) in [6.07, 6.45) is 0. The predicted octanol–water partition coefficient (Wildman–Crippen LogP) is 4.69. The molecular weight excluding hydrogens is 310 g/mol. The quantitative estimate of drug-likeness (QED) is 0.757. The highest BCUT2D eigenvalue weighted by Gasteiger charge is 2.19. The average molecular weight is 331 g/mol. The number of aromatic nitrogens is 2. The molecule has 0 saturated heterocycles. The first kappa shape index (κ1) is 16.8. The number of nitrogens with zero attached hydrogens (tertiary/aromatic N) is 2. The first-order valence-electron chi connectivity index (χ1n) is 8.25. The van der Waals surface area contributed by atoms with Crippen LogP contribution in [0.2, 0.25) is 0 Å². The normalized spacial score (nSPS) is 11.2. The number of benzene rings is 2. The van der Waals surface area contributed by atoms with E-state index in [9.17, 15) is 4.79 Å². The van der Waals surface area contributed by atoms with Gasteiger partial charge >= 0.3 is 0 Å². The van der Waals surface area contributed by atoms with Gasteiger partial charge in [0.15, 0.2) is 5.69 Å². The molecule has 0 radical (unpaired) electrons. The molecule has 4 heteroatoms. The Morgan fingerprint density at radius 1 is 0.840 bits per heavy atom. The smallest absolute Gasteiger partial charge is 0.276 e. The van der Waals surface area contributed by atoms with Gasteiger partial charge in [0.25, 0.3) is 5.91 Å². The summed E-state index contributed by atoms with van der Waals surface area (Å²) < 4.78 is 0. The van der Waals surface area contributed by atoms with Gasteiger partial charge in [-0.25, -0.2) is 0 Å². The van der Waals surface area contributed by atoms with Gasteiger partial charge in [0.2, 0.25) is 0 Å². The monoisotopic (exact) mass is 331 g/mol. The average Bonchev–Trinajstić information content (AvgIpc) is 2.62. The lowest BCUT2D eigenvalue weighted by atomic mass is 9.86. The van der Waals surface area contributed by atoms with Crippen molar-refractivity contribution in [1.82, 2.24) is 10.2 Å². The van der Waals surface area contributed by atoms with E-state index in [4.69, 9.17) is 0 Å². The molecule has 0 spiro atoms. The summed E-state index contributed by atoms with van der Waals surface area (Å²) in [6, 6.07) is 21.1. The molecule has 25 heavy (non-hydrogen) atoms. The van der Waals surface area contributed by atoms with Gasteiger partial charge < -0.3 is 5.32 Å². The van der Waals surface area contributed by atoms with Gasteiger partial charge in [-0.1, -0.05) is 69.3 Å². The number of para-hydroxylation sites is 1. The van der Waals surface area contributed by atoms with Gasteiger partial charge in [0.05, 0.1) is 5.69 Å². The van der Waals surface area contributed by atoms with E-state index in [1.807, 2.05) is 60.7 Å². The Bertz CT molecular complexity index is 866. The fraction of sp³-hybridized carbons (Fsp3) is 0.190. The maximum absolute atomic E-state index is 12.5. The van der Waals surface area contributed by atoms with Crippen LogP contribution in [0.1, 0.15) is 36.8 Å². The van der Waals surface area contributed by atoms with Crippen LogP contribution in [-0.4, -0.2) is 16.1 Å². The summed E-state index contributed by atoms with van der Waals surface area (Å²) in [4.78, 5) is 12.5. The third-order valence-electron chi connectivity index (χ3n) is 3.95. The van der Waals surface area contributed by atoms with Crippen LogP contribution in [0.3, 0.4) is 0 Å². The van der Waals surface area contributed by atoms with Gasteiger partial charge in [-0.05, 0) is 29.2 Å². The molecule has 3 rings (SSSR count). The van der Waals surface area contributed by atoms with Crippen LogP contribution in [0, 0.1) is 0 Å². The molecule has 1 heterocycles. The highest BCUT2D eigenvalue weighted by atomic mass is 16.1. The van der Waals surface area contributed by atoms with Crippen LogP contribution in [0.25, 0.3) is 11.3 Å². The highest BCUT2D eigenvalue weighted by Crippen LogP contribution is 2.29. The van der Waals surface area contributed by atoms with Gasteiger partial charge in [0, 0.05) is 11.3 Å². The highest BCUT2D eigenvalue weighted by molar-refractivity contribution is 6.03. The summed E-state index contributed by atoms with van der Waals surface area (Å²) >= 11 is 0. The van der Waals surface area contributed by atoms with Crippen molar-refractivity contribution in [3.05, 3.63) is 78.0 Å². The number of nitrogens with one attached hydrogen (secondary N) is 1. The van der Waals surface area contributed by atoms with Gasteiger partial charge in [-0.15, -0.1) is 10.2 Å². The zero-order valence-corrected chi connectivity index (χ0v) is 14.7. The molecule has 126 valence electrons. The van der Waals surface area contributed by atoms with Gasteiger partial charge in [-0.3, -0.25) is 4.79 Å². The standard InChI is InChI=1S/C21H21N3O/c1-21(2,3)16-11-7-8-12-18(16)22-20(25)19-14-13-17(23-24-19)15-9-5-4-6-10-15/h4-14H,1-3H3,(H,22,25). The second-order valence-electron chi connectivity index (χ2n) is 6.92. The van der Waals surface area contributed by atoms with Crippen molar-refractivity contribution in [2.75, 3.05) is 5.32 Å². The second-order valence-corrected chi connectivity index (χ2v) is 6.92. The Morgan fingerprint density at radius 3 is 2.16 bits per heavy atom. The maximum Gasteiger partial charge on any atom is 0.276 e. The fourth-order valence-electron chi connectivity index (χ4n) is 2.65. The third-order valence-corrected chi connectivity index (χ3v) is 3.95. The second kappa shape index (κ2) is 6.85. The Kier molecular flexibility index (Phi) is 4.61. The Labute approximate surface area is 147 Å². The van der Waals surface area contributed by atoms with Gasteiger partial charge in [-0.2, -0.15) is 0 Å². The van der Waals surface area contributed by atoms with Crippen molar-refractivity contribution in [2.45, 2.75) is 26.2 Å². The molecule has 2 aromatic carbocycles. The topological polar surface area (TPSA) is 54.9 Å². The summed E-state index contributed by atoms with van der Waals surface area (Å²) in [6.45, 7) is 6.35. The number of carbonyl (C=O) groups excluding carboxylic acids is 1. The molecule has 4 nitrogen and oxygen atoms in total. The van der Waals surface area contributed by atoms with E-state index in [-0.39, 0.29) is 11.3 Å². The van der Waals surface area contributed by atoms with E-state index >= 15 is 0 Å². The number of anilines is 1. The van der Waals surface area contributed by atoms with E-state index in [0.717, 1.165) is 22.5 Å². The van der Waals surface area contributed by atoms with Crippen molar-refractivity contribution in [2.24, 2.45) is 0 Å². The van der Waals surface area contributed by atoms with Crippen molar-refractivity contribution >= 4 is 11.6 Å². The molecule has 0 bridgehead atoms. The van der Waals surface area contributed by atoms with Crippen LogP contribution >= 0.6 is 0 Å². The number of hydrogen-bond acceptors (Lipinski definition) is 3. The third kappa shape index (κ3) is 3.91. The van der Waals surface area contributed by atoms with Crippen LogP contribution in [-0.2, 0) is 5.41 Å². The molecule has 1 N–H and O–H groups in total. The zero-order valence-electron chi connectivity index (χ0n) is 14.7. The minimum absolute atomic E-state index is 0.0628. The number of hydrogen-bond donors (Lipinski definition) is 1. The number of carbonyl (C=O) groups is 1. The zero-order chi connectivity index (χ0) is 17.9. The molecule has 0 atom stereocenters. The summed E-state index contributed by atoms with van der Waals surface area (Å²) in [5.41, 5.74) is 3.83. The summed E-state index contributed by atoms with van der Waals surface area (Å²) in [7, 11) is 0. The molecule has 0 aliphatic heterocycles. The van der Waals surface area contributed by atoms with Crippen LogP contribution in [0.4, 0.5) is 5.69 Å². The van der Waals surface area contributed by atoms with Crippen molar-refractivity contribution in [1.29, 1.82) is 0 Å². The number of amides is 1. The van der Waals surface area contributed by atoms with E-state index < -0.39 is 0 Å². The predicted molar refractivity (Wildman–Crippen MR) is 101 cm³/mol. The lowest BCUT2D eigenvalue weighted by Crippen LogP contribution is -2.19. The molecular formula is C21H21N3O. The van der Waals surface area contributed by atoms with Crippen LogP contribution in [0.15, 0.2) is 66.7 Å².